The number of amidine groups is 1. The number of hydrogen-bond acceptors (Lipinski definition) is 5. The Labute approximate surface area is 113 Å². The van der Waals surface area contributed by atoms with Crippen LogP contribution in [-0.4, -0.2) is 25.9 Å². The van der Waals surface area contributed by atoms with Gasteiger partial charge in [0.25, 0.3) is 5.82 Å². The number of aliphatic imine (C=N–C) groups is 1. The van der Waals surface area contributed by atoms with Crippen molar-refractivity contribution in [1.29, 1.82) is 0 Å². The Hall–Kier alpha value is -3.09. The molecule has 1 aromatic carbocycles. The first-order valence-electron chi connectivity index (χ1n) is 5.83. The van der Waals surface area contributed by atoms with E-state index in [0.29, 0.717) is 22.4 Å². The third-order valence-electron chi connectivity index (χ3n) is 2.73. The van der Waals surface area contributed by atoms with Crippen LogP contribution in [0.4, 0.5) is 5.82 Å². The predicted octanol–water partition coefficient (Wildman–Crippen LogP) is 2.31. The summed E-state index contributed by atoms with van der Waals surface area (Å²) in [7, 11) is 0. The fourth-order valence-corrected chi connectivity index (χ4v) is 1.83. The van der Waals surface area contributed by atoms with E-state index in [9.17, 15) is 10.1 Å². The largest absolute Gasteiger partial charge is 0.373 e. The lowest BCUT2D eigenvalue weighted by Crippen LogP contribution is -2.12. The molecule has 7 heteroatoms. The highest BCUT2D eigenvalue weighted by molar-refractivity contribution is 5.97. The Kier molecular flexibility index (Phi) is 2.92. The summed E-state index contributed by atoms with van der Waals surface area (Å²) in [5.41, 5.74) is 0.908. The minimum Gasteiger partial charge on any atom is -0.358 e. The van der Waals surface area contributed by atoms with Crippen LogP contribution in [0.15, 0.2) is 53.7 Å². The maximum atomic E-state index is 11.2. The number of hydrogen-bond donors (Lipinski definition) is 1. The molecule has 0 atom stereocenters. The minimum absolute atomic E-state index is 0.236. The van der Waals surface area contributed by atoms with Gasteiger partial charge in [-0.2, -0.15) is 5.10 Å². The van der Waals surface area contributed by atoms with Crippen LogP contribution in [0, 0.1) is 10.1 Å². The molecule has 3 rings (SSSR count). The van der Waals surface area contributed by atoms with Crippen molar-refractivity contribution >= 4 is 22.7 Å². The number of fused-ring (bicyclic) bond motifs is 1. The molecule has 0 aliphatic carbocycles. The first-order valence-corrected chi connectivity index (χ1v) is 5.83. The fraction of sp³-hybridized carbons (Fsp3) is 0. The van der Waals surface area contributed by atoms with Crippen LogP contribution in [0.5, 0.6) is 0 Å². The Balaban J connectivity index is 2.15. The summed E-state index contributed by atoms with van der Waals surface area (Å²) < 4.78 is 0. The molecular weight excluding hydrogens is 258 g/mol. The zero-order valence-electron chi connectivity index (χ0n) is 10.2. The maximum Gasteiger partial charge on any atom is 0.373 e. The average molecular weight is 267 g/mol. The van der Waals surface area contributed by atoms with Gasteiger partial charge in [0.1, 0.15) is 0 Å². The average Bonchev–Trinajstić information content (AvgIpc) is 2.88. The molecule has 0 saturated heterocycles. The summed E-state index contributed by atoms with van der Waals surface area (Å²) >= 11 is 0. The number of nitro groups is 1. The Morgan fingerprint density at radius 2 is 2.00 bits per heavy atom. The molecule has 7 nitrogen and oxygen atoms in total. The van der Waals surface area contributed by atoms with E-state index in [1.165, 1.54) is 0 Å². The van der Waals surface area contributed by atoms with Gasteiger partial charge in [0.05, 0.1) is 10.9 Å². The Morgan fingerprint density at radius 1 is 1.20 bits per heavy atom. The van der Waals surface area contributed by atoms with Crippen molar-refractivity contribution in [2.24, 2.45) is 4.99 Å². The van der Waals surface area contributed by atoms with Crippen LogP contribution >= 0.6 is 0 Å². The van der Waals surface area contributed by atoms with E-state index in [1.807, 2.05) is 0 Å². The van der Waals surface area contributed by atoms with Gasteiger partial charge in [0.2, 0.25) is 0 Å². The highest BCUT2D eigenvalue weighted by Gasteiger charge is 2.19. The highest BCUT2D eigenvalue weighted by atomic mass is 16.6. The zero-order valence-corrected chi connectivity index (χ0v) is 10.2. The topological polar surface area (TPSA) is 97.1 Å². The molecule has 2 aromatic heterocycles. The van der Waals surface area contributed by atoms with Crippen LogP contribution in [0.25, 0.3) is 11.0 Å². The fourth-order valence-electron chi connectivity index (χ4n) is 1.83. The summed E-state index contributed by atoms with van der Waals surface area (Å²) in [6.07, 6.45) is 1.60. The lowest BCUT2D eigenvalue weighted by molar-refractivity contribution is -0.348. The van der Waals surface area contributed by atoms with E-state index in [0.717, 1.165) is 0 Å². The number of benzene rings is 1. The number of pyridine rings is 1. The van der Waals surface area contributed by atoms with Crippen LogP contribution < -0.4 is 0 Å². The first-order chi connectivity index (χ1) is 9.75. The number of nitrogens with one attached hydrogen (secondary N) is 1. The number of nitrogens with zero attached hydrogens (tertiary/aromatic N) is 4. The number of aromatic nitrogens is 3. The van der Waals surface area contributed by atoms with Crippen molar-refractivity contribution in [1.82, 2.24) is 15.2 Å². The highest BCUT2D eigenvalue weighted by Crippen LogP contribution is 2.21. The van der Waals surface area contributed by atoms with Crippen molar-refractivity contribution < 1.29 is 4.92 Å². The molecule has 1 N–H and O–H groups in total. The van der Waals surface area contributed by atoms with E-state index >= 15 is 0 Å². The predicted molar refractivity (Wildman–Crippen MR) is 73.5 cm³/mol. The summed E-state index contributed by atoms with van der Waals surface area (Å²) in [5.74, 6) is 0.0867. The monoisotopic (exact) mass is 267 g/mol. The van der Waals surface area contributed by atoms with Crippen molar-refractivity contribution in [3.8, 4) is 0 Å². The molecule has 20 heavy (non-hydrogen) atoms. The second-order valence-electron chi connectivity index (χ2n) is 4.01. The molecule has 2 heterocycles. The summed E-state index contributed by atoms with van der Waals surface area (Å²) in [6.45, 7) is 0. The van der Waals surface area contributed by atoms with Gasteiger partial charge in [-0.05, 0) is 34.2 Å². The molecule has 0 unspecified atom stereocenters. The molecule has 98 valence electrons. The van der Waals surface area contributed by atoms with Gasteiger partial charge in [-0.15, -0.1) is 0 Å². The third-order valence-corrected chi connectivity index (χ3v) is 2.73. The second-order valence-corrected chi connectivity index (χ2v) is 4.01. The number of aromatic amines is 1. The van der Waals surface area contributed by atoms with Crippen molar-refractivity contribution in [2.45, 2.75) is 0 Å². The Bertz CT molecular complexity index is 795. The van der Waals surface area contributed by atoms with Gasteiger partial charge in [-0.25, -0.2) is 10.1 Å². The van der Waals surface area contributed by atoms with Gasteiger partial charge in [0.15, 0.2) is 5.65 Å². The molecule has 0 aliphatic heterocycles. The van der Waals surface area contributed by atoms with Gasteiger partial charge in [0, 0.05) is 6.20 Å². The van der Waals surface area contributed by atoms with Crippen LogP contribution in [-0.2, 0) is 0 Å². The second kappa shape index (κ2) is 4.88. The Morgan fingerprint density at radius 3 is 2.75 bits per heavy atom. The third kappa shape index (κ3) is 2.12. The van der Waals surface area contributed by atoms with Crippen LogP contribution in [0.2, 0.25) is 0 Å². The molecule has 0 radical (unpaired) electrons. The molecule has 0 spiro atoms. The normalized spacial score (nSPS) is 11.7. The van der Waals surface area contributed by atoms with Gasteiger partial charge >= 0.3 is 5.84 Å². The van der Waals surface area contributed by atoms with Crippen molar-refractivity contribution in [2.75, 3.05) is 0 Å². The molecule has 0 amide bonds. The van der Waals surface area contributed by atoms with E-state index in [-0.39, 0.29) is 5.84 Å². The molecule has 0 aliphatic rings. The first kappa shape index (κ1) is 12.0. The van der Waals surface area contributed by atoms with Gasteiger partial charge < -0.3 is 10.1 Å². The standard InChI is InChI=1S/C13H9N5O2/c19-18(20)13(9-5-2-1-3-6-9)15-12-10-7-4-8-14-11(10)16-17-12/h1-8H,(H,14,16,17). The van der Waals surface area contributed by atoms with E-state index in [4.69, 9.17) is 0 Å². The van der Waals surface area contributed by atoms with Gasteiger partial charge in [-0.3, -0.25) is 0 Å². The molecule has 3 aromatic rings. The number of rotatable bonds is 2. The number of H-pyrrole nitrogens is 1. The smallest absolute Gasteiger partial charge is 0.358 e. The maximum absolute atomic E-state index is 11.2. The van der Waals surface area contributed by atoms with Gasteiger partial charge in [-0.1, -0.05) is 18.2 Å². The molecule has 0 bridgehead atoms. The van der Waals surface area contributed by atoms with Crippen molar-refractivity contribution in [3.05, 3.63) is 64.3 Å². The SMILES string of the molecule is O=[N+]([O-])C(=Nc1[nH]nc2ncccc12)c1ccccc1. The minimum atomic E-state index is -0.516. The van der Waals surface area contributed by atoms with Crippen LogP contribution in [0.1, 0.15) is 5.56 Å². The van der Waals surface area contributed by atoms with E-state index in [1.54, 1.807) is 48.7 Å². The van der Waals surface area contributed by atoms with Crippen LogP contribution in [0.3, 0.4) is 0 Å². The molecule has 0 saturated carbocycles. The van der Waals surface area contributed by atoms with E-state index in [2.05, 4.69) is 20.2 Å². The lowest BCUT2D eigenvalue weighted by Gasteiger charge is -1.97. The zero-order chi connectivity index (χ0) is 13.9. The molecular formula is C13H9N5O2. The molecule has 0 fully saturated rings. The van der Waals surface area contributed by atoms with Crippen molar-refractivity contribution in [3.63, 3.8) is 0 Å². The summed E-state index contributed by atoms with van der Waals surface area (Å²) in [4.78, 5) is 18.8. The summed E-state index contributed by atoms with van der Waals surface area (Å²) in [5, 5.41) is 18.5. The van der Waals surface area contributed by atoms with E-state index < -0.39 is 4.92 Å². The summed E-state index contributed by atoms with van der Waals surface area (Å²) in [6, 6.07) is 12.0. The lowest BCUT2D eigenvalue weighted by atomic mass is 10.2. The quantitative estimate of drug-likeness (QED) is 0.333.